The van der Waals surface area contributed by atoms with Crippen LogP contribution < -0.4 is 5.32 Å². The van der Waals surface area contributed by atoms with Gasteiger partial charge in [-0.25, -0.2) is 0 Å². The number of nitrogens with zero attached hydrogens (tertiary/aromatic N) is 2. The Hall–Kier alpha value is -0.870. The van der Waals surface area contributed by atoms with Crippen LogP contribution in [0.2, 0.25) is 0 Å². The van der Waals surface area contributed by atoms with E-state index < -0.39 is 0 Å². The summed E-state index contributed by atoms with van der Waals surface area (Å²) in [5, 5.41) is 7.61. The maximum absolute atomic E-state index is 5.37. The van der Waals surface area contributed by atoms with Crippen molar-refractivity contribution in [3.05, 3.63) is 18.0 Å². The molecule has 96 valence electrons. The zero-order valence-corrected chi connectivity index (χ0v) is 10.7. The van der Waals surface area contributed by atoms with Crippen LogP contribution in [0.1, 0.15) is 24.8 Å². The molecule has 4 heteroatoms. The monoisotopic (exact) mass is 237 g/mol. The molecule has 1 aliphatic heterocycles. The van der Waals surface area contributed by atoms with Gasteiger partial charge < -0.3 is 10.1 Å². The molecule has 1 aromatic heterocycles. The summed E-state index contributed by atoms with van der Waals surface area (Å²) in [6.45, 7) is 3.96. The fraction of sp³-hybridized carbons (Fsp3) is 0.769. The zero-order valence-electron chi connectivity index (χ0n) is 10.7. The van der Waals surface area contributed by atoms with E-state index in [1.54, 1.807) is 0 Å². The normalized spacial score (nSPS) is 17.5. The van der Waals surface area contributed by atoms with Gasteiger partial charge in [0, 0.05) is 26.0 Å². The van der Waals surface area contributed by atoms with Gasteiger partial charge in [0.25, 0.3) is 0 Å². The van der Waals surface area contributed by atoms with Gasteiger partial charge in [0.15, 0.2) is 0 Å². The van der Waals surface area contributed by atoms with E-state index in [0.717, 1.165) is 38.6 Å². The molecule has 0 aromatic carbocycles. The van der Waals surface area contributed by atoms with Gasteiger partial charge in [-0.3, -0.25) is 4.68 Å². The second kappa shape index (κ2) is 6.77. The lowest BCUT2D eigenvalue weighted by Gasteiger charge is -2.21. The number of aryl methyl sites for hydroxylation is 1. The average molecular weight is 237 g/mol. The van der Waals surface area contributed by atoms with E-state index in [9.17, 15) is 0 Å². The summed E-state index contributed by atoms with van der Waals surface area (Å²) in [7, 11) is 1.99. The molecule has 0 bridgehead atoms. The molecule has 0 aliphatic carbocycles. The SMILES string of the molecule is CNCCCc1cnn(CC2CCOCC2)c1. The maximum atomic E-state index is 5.37. The maximum Gasteiger partial charge on any atom is 0.0521 e. The molecule has 0 saturated carbocycles. The summed E-state index contributed by atoms with van der Waals surface area (Å²) in [5.74, 6) is 0.744. The fourth-order valence-electron chi connectivity index (χ4n) is 2.30. The van der Waals surface area contributed by atoms with Crippen molar-refractivity contribution in [3.8, 4) is 0 Å². The highest BCUT2D eigenvalue weighted by Crippen LogP contribution is 2.16. The summed E-state index contributed by atoms with van der Waals surface area (Å²) in [4.78, 5) is 0. The molecule has 1 aliphatic rings. The summed E-state index contributed by atoms with van der Waals surface area (Å²) < 4.78 is 7.47. The van der Waals surface area contributed by atoms with Gasteiger partial charge in [0.05, 0.1) is 6.20 Å². The summed E-state index contributed by atoms with van der Waals surface area (Å²) >= 11 is 0. The molecule has 0 atom stereocenters. The highest BCUT2D eigenvalue weighted by atomic mass is 16.5. The molecule has 2 rings (SSSR count). The van der Waals surface area contributed by atoms with Crippen LogP contribution in [-0.4, -0.2) is 36.6 Å². The lowest BCUT2D eigenvalue weighted by molar-refractivity contribution is 0.0601. The van der Waals surface area contributed by atoms with Crippen molar-refractivity contribution in [3.63, 3.8) is 0 Å². The molecule has 1 N–H and O–H groups in total. The van der Waals surface area contributed by atoms with Crippen LogP contribution in [0, 0.1) is 5.92 Å². The molecule has 0 spiro atoms. The van der Waals surface area contributed by atoms with Crippen molar-refractivity contribution in [1.29, 1.82) is 0 Å². The third-order valence-electron chi connectivity index (χ3n) is 3.37. The summed E-state index contributed by atoms with van der Waals surface area (Å²) in [5.41, 5.74) is 1.35. The first-order valence-electron chi connectivity index (χ1n) is 6.62. The van der Waals surface area contributed by atoms with Crippen LogP contribution in [0.4, 0.5) is 0 Å². The highest BCUT2D eigenvalue weighted by Gasteiger charge is 2.14. The van der Waals surface area contributed by atoms with Gasteiger partial charge in [-0.05, 0) is 50.8 Å². The average Bonchev–Trinajstić information content (AvgIpc) is 2.79. The molecule has 0 amide bonds. The van der Waals surface area contributed by atoms with E-state index in [2.05, 4.69) is 21.3 Å². The Labute approximate surface area is 103 Å². The first kappa shape index (κ1) is 12.6. The number of rotatable bonds is 6. The number of nitrogens with one attached hydrogen (secondary N) is 1. The van der Waals surface area contributed by atoms with Crippen molar-refractivity contribution in [2.75, 3.05) is 26.8 Å². The Morgan fingerprint density at radius 1 is 1.47 bits per heavy atom. The van der Waals surface area contributed by atoms with Crippen molar-refractivity contribution >= 4 is 0 Å². The molecular weight excluding hydrogens is 214 g/mol. The van der Waals surface area contributed by atoms with E-state index in [0.29, 0.717) is 0 Å². The number of ether oxygens (including phenoxy) is 1. The highest BCUT2D eigenvalue weighted by molar-refractivity contribution is 5.03. The smallest absolute Gasteiger partial charge is 0.0521 e. The third kappa shape index (κ3) is 4.13. The Morgan fingerprint density at radius 3 is 3.06 bits per heavy atom. The van der Waals surface area contributed by atoms with Crippen molar-refractivity contribution in [1.82, 2.24) is 15.1 Å². The topological polar surface area (TPSA) is 39.1 Å². The minimum atomic E-state index is 0.744. The van der Waals surface area contributed by atoms with E-state index in [4.69, 9.17) is 4.74 Å². The number of hydrogen-bond acceptors (Lipinski definition) is 3. The van der Waals surface area contributed by atoms with Gasteiger partial charge in [-0.15, -0.1) is 0 Å². The van der Waals surface area contributed by atoms with E-state index in [-0.39, 0.29) is 0 Å². The van der Waals surface area contributed by atoms with E-state index in [1.165, 1.54) is 24.8 Å². The Kier molecular flexibility index (Phi) is 5.01. The minimum Gasteiger partial charge on any atom is -0.381 e. The van der Waals surface area contributed by atoms with Crippen LogP contribution in [0.3, 0.4) is 0 Å². The standard InChI is InChI=1S/C13H23N3O/c1-14-6-2-3-13-9-15-16(11-13)10-12-4-7-17-8-5-12/h9,11-12,14H,2-8,10H2,1H3. The second-order valence-electron chi connectivity index (χ2n) is 4.83. The number of hydrogen-bond donors (Lipinski definition) is 1. The first-order valence-corrected chi connectivity index (χ1v) is 6.62. The fourth-order valence-corrected chi connectivity index (χ4v) is 2.30. The Balaban J connectivity index is 1.76. The Morgan fingerprint density at radius 2 is 2.29 bits per heavy atom. The van der Waals surface area contributed by atoms with Crippen molar-refractivity contribution < 1.29 is 4.74 Å². The molecule has 0 unspecified atom stereocenters. The predicted molar refractivity (Wildman–Crippen MR) is 68.0 cm³/mol. The molecule has 1 fully saturated rings. The molecule has 1 aromatic rings. The minimum absolute atomic E-state index is 0.744. The quantitative estimate of drug-likeness (QED) is 0.761. The molecule has 0 radical (unpaired) electrons. The predicted octanol–water partition coefficient (Wildman–Crippen LogP) is 1.46. The summed E-state index contributed by atoms with van der Waals surface area (Å²) in [6.07, 6.45) is 8.86. The lowest BCUT2D eigenvalue weighted by Crippen LogP contribution is -2.20. The third-order valence-corrected chi connectivity index (χ3v) is 3.37. The molecular formula is C13H23N3O. The van der Waals surface area contributed by atoms with Crippen molar-refractivity contribution in [2.24, 2.45) is 5.92 Å². The molecule has 17 heavy (non-hydrogen) atoms. The largest absolute Gasteiger partial charge is 0.381 e. The van der Waals surface area contributed by atoms with Gasteiger partial charge in [-0.1, -0.05) is 0 Å². The van der Waals surface area contributed by atoms with E-state index >= 15 is 0 Å². The first-order chi connectivity index (χ1) is 8.38. The lowest BCUT2D eigenvalue weighted by atomic mass is 10.0. The van der Waals surface area contributed by atoms with Crippen LogP contribution in [0.5, 0.6) is 0 Å². The number of aromatic nitrogens is 2. The van der Waals surface area contributed by atoms with Crippen LogP contribution in [-0.2, 0) is 17.7 Å². The van der Waals surface area contributed by atoms with Gasteiger partial charge in [0.1, 0.15) is 0 Å². The van der Waals surface area contributed by atoms with Gasteiger partial charge in [0.2, 0.25) is 0 Å². The van der Waals surface area contributed by atoms with E-state index in [1.807, 2.05) is 13.2 Å². The van der Waals surface area contributed by atoms with Crippen LogP contribution in [0.25, 0.3) is 0 Å². The summed E-state index contributed by atoms with van der Waals surface area (Å²) in [6, 6.07) is 0. The van der Waals surface area contributed by atoms with Gasteiger partial charge >= 0.3 is 0 Å². The molecule has 1 saturated heterocycles. The zero-order chi connectivity index (χ0) is 11.9. The Bertz CT molecular complexity index is 318. The van der Waals surface area contributed by atoms with Crippen LogP contribution in [0.15, 0.2) is 12.4 Å². The van der Waals surface area contributed by atoms with Crippen molar-refractivity contribution in [2.45, 2.75) is 32.2 Å². The molecule has 2 heterocycles. The second-order valence-corrected chi connectivity index (χ2v) is 4.83. The van der Waals surface area contributed by atoms with Gasteiger partial charge in [-0.2, -0.15) is 5.10 Å². The molecule has 4 nitrogen and oxygen atoms in total. The van der Waals surface area contributed by atoms with Crippen LogP contribution >= 0.6 is 0 Å².